The number of carbonyl (C=O) groups is 1. The van der Waals surface area contributed by atoms with Gasteiger partial charge >= 0.3 is 5.97 Å². The topological polar surface area (TPSA) is 29.5 Å². The third-order valence-corrected chi connectivity index (χ3v) is 4.21. The summed E-state index contributed by atoms with van der Waals surface area (Å²) in [6.07, 6.45) is 3.63. The molecule has 0 aromatic heterocycles. The summed E-state index contributed by atoms with van der Waals surface area (Å²) in [5, 5.41) is 0. The molecule has 0 radical (unpaired) electrons. The first kappa shape index (κ1) is 15.0. The molecule has 1 aliphatic heterocycles. The monoisotopic (exact) mass is 275 g/mol. The van der Waals surface area contributed by atoms with Crippen LogP contribution < -0.4 is 0 Å². The van der Waals surface area contributed by atoms with Crippen molar-refractivity contribution in [1.29, 1.82) is 0 Å². The number of piperidine rings is 1. The van der Waals surface area contributed by atoms with Gasteiger partial charge in [-0.15, -0.1) is 0 Å². The second-order valence-electron chi connectivity index (χ2n) is 5.86. The first-order chi connectivity index (χ1) is 9.69. The van der Waals surface area contributed by atoms with E-state index < -0.39 is 0 Å². The van der Waals surface area contributed by atoms with Gasteiger partial charge in [-0.3, -0.25) is 4.79 Å². The summed E-state index contributed by atoms with van der Waals surface area (Å²) < 4.78 is 4.79. The first-order valence-electron chi connectivity index (χ1n) is 7.53. The van der Waals surface area contributed by atoms with Crippen molar-refractivity contribution in [3.8, 4) is 0 Å². The van der Waals surface area contributed by atoms with E-state index in [1.54, 1.807) is 0 Å². The molecule has 20 heavy (non-hydrogen) atoms. The molecule has 1 saturated heterocycles. The zero-order valence-corrected chi connectivity index (χ0v) is 12.5. The summed E-state index contributed by atoms with van der Waals surface area (Å²) >= 11 is 0. The minimum atomic E-state index is -0.101. The quantitative estimate of drug-likeness (QED) is 0.774. The fraction of sp³-hybridized carbons (Fsp3) is 0.588. The van der Waals surface area contributed by atoms with Crippen molar-refractivity contribution in [2.45, 2.75) is 26.2 Å². The lowest BCUT2D eigenvalue weighted by Gasteiger charge is -2.33. The highest BCUT2D eigenvalue weighted by molar-refractivity contribution is 5.72. The van der Waals surface area contributed by atoms with Crippen LogP contribution in [0.2, 0.25) is 0 Å². The molecule has 1 aromatic carbocycles. The lowest BCUT2D eigenvalue weighted by atomic mass is 9.90. The summed E-state index contributed by atoms with van der Waals surface area (Å²) in [7, 11) is 1.46. The Kier molecular flexibility index (Phi) is 5.60. The molecule has 0 amide bonds. The zero-order chi connectivity index (χ0) is 14.4. The Morgan fingerprint density at radius 3 is 2.55 bits per heavy atom. The molecule has 1 unspecified atom stereocenters. The maximum Gasteiger partial charge on any atom is 0.309 e. The third-order valence-electron chi connectivity index (χ3n) is 4.21. The van der Waals surface area contributed by atoms with Crippen molar-refractivity contribution in [3.05, 3.63) is 35.9 Å². The lowest BCUT2D eigenvalue weighted by Crippen LogP contribution is -2.38. The van der Waals surface area contributed by atoms with Gasteiger partial charge in [0.1, 0.15) is 0 Å². The van der Waals surface area contributed by atoms with E-state index >= 15 is 0 Å². The van der Waals surface area contributed by atoms with Crippen molar-refractivity contribution < 1.29 is 9.53 Å². The number of methoxy groups -OCH3 is 1. The lowest BCUT2D eigenvalue weighted by molar-refractivity contribution is -0.145. The van der Waals surface area contributed by atoms with Crippen LogP contribution in [-0.4, -0.2) is 37.6 Å². The number of rotatable bonds is 5. The first-order valence-corrected chi connectivity index (χ1v) is 7.53. The van der Waals surface area contributed by atoms with Crippen LogP contribution in [0.5, 0.6) is 0 Å². The maximum absolute atomic E-state index is 11.4. The molecule has 0 bridgehead atoms. The van der Waals surface area contributed by atoms with Crippen LogP contribution in [0.4, 0.5) is 0 Å². The van der Waals surface area contributed by atoms with Gasteiger partial charge in [0.25, 0.3) is 0 Å². The van der Waals surface area contributed by atoms with Crippen molar-refractivity contribution in [2.75, 3.05) is 26.7 Å². The zero-order valence-electron chi connectivity index (χ0n) is 12.5. The molecular weight excluding hydrogens is 250 g/mol. The van der Waals surface area contributed by atoms with E-state index in [4.69, 9.17) is 4.74 Å². The molecule has 0 spiro atoms. The number of ether oxygens (including phenoxy) is 1. The predicted molar refractivity (Wildman–Crippen MR) is 80.5 cm³/mol. The van der Waals surface area contributed by atoms with Crippen LogP contribution in [0, 0.1) is 11.8 Å². The molecule has 1 aromatic rings. The normalized spacial score (nSPS) is 18.7. The molecule has 1 fully saturated rings. The highest BCUT2D eigenvalue weighted by atomic mass is 16.5. The fourth-order valence-electron chi connectivity index (χ4n) is 2.98. The van der Waals surface area contributed by atoms with Gasteiger partial charge in [0.05, 0.1) is 13.0 Å². The number of esters is 1. The Bertz CT molecular complexity index is 410. The maximum atomic E-state index is 11.4. The van der Waals surface area contributed by atoms with E-state index in [9.17, 15) is 4.79 Å². The number of carbonyl (C=O) groups excluding carboxylic acids is 1. The SMILES string of the molecule is COC(=O)C(C)CN1CCC(Cc2ccccc2)CC1. The van der Waals surface area contributed by atoms with E-state index in [2.05, 4.69) is 35.2 Å². The van der Waals surface area contributed by atoms with Crippen molar-refractivity contribution in [3.63, 3.8) is 0 Å². The highest BCUT2D eigenvalue weighted by Crippen LogP contribution is 2.22. The number of nitrogens with zero attached hydrogens (tertiary/aromatic N) is 1. The molecule has 3 nitrogen and oxygen atoms in total. The van der Waals surface area contributed by atoms with Gasteiger partial charge in [0.15, 0.2) is 0 Å². The molecule has 0 saturated carbocycles. The molecule has 1 atom stereocenters. The van der Waals surface area contributed by atoms with E-state index in [-0.39, 0.29) is 11.9 Å². The fourth-order valence-corrected chi connectivity index (χ4v) is 2.98. The van der Waals surface area contributed by atoms with Crippen LogP contribution >= 0.6 is 0 Å². The second-order valence-corrected chi connectivity index (χ2v) is 5.86. The average molecular weight is 275 g/mol. The Hall–Kier alpha value is -1.35. The molecule has 0 N–H and O–H groups in total. The summed E-state index contributed by atoms with van der Waals surface area (Å²) in [6.45, 7) is 4.96. The van der Waals surface area contributed by atoms with Crippen LogP contribution in [0.25, 0.3) is 0 Å². The van der Waals surface area contributed by atoms with Gasteiger partial charge in [-0.05, 0) is 43.8 Å². The average Bonchev–Trinajstić information content (AvgIpc) is 2.49. The third kappa shape index (κ3) is 4.34. The van der Waals surface area contributed by atoms with Crippen molar-refractivity contribution in [2.24, 2.45) is 11.8 Å². The van der Waals surface area contributed by atoms with Gasteiger partial charge in [0, 0.05) is 6.54 Å². The van der Waals surface area contributed by atoms with E-state index in [0.29, 0.717) is 0 Å². The molecule has 3 heteroatoms. The Labute approximate surface area is 121 Å². The summed E-state index contributed by atoms with van der Waals surface area (Å²) in [5.41, 5.74) is 1.44. The number of hydrogen-bond acceptors (Lipinski definition) is 3. The Morgan fingerprint density at radius 1 is 1.30 bits per heavy atom. The molecule has 1 aliphatic rings. The molecule has 0 aliphatic carbocycles. The van der Waals surface area contributed by atoms with Crippen LogP contribution in [0.15, 0.2) is 30.3 Å². The van der Waals surface area contributed by atoms with Crippen LogP contribution in [0.3, 0.4) is 0 Å². The van der Waals surface area contributed by atoms with Crippen LogP contribution in [-0.2, 0) is 16.0 Å². The molecule has 1 heterocycles. The van der Waals surface area contributed by atoms with E-state index in [0.717, 1.165) is 25.6 Å². The molecule has 2 rings (SSSR count). The van der Waals surface area contributed by atoms with Gasteiger partial charge in [0.2, 0.25) is 0 Å². The summed E-state index contributed by atoms with van der Waals surface area (Å²) in [5.74, 6) is 0.657. The minimum Gasteiger partial charge on any atom is -0.469 e. The largest absolute Gasteiger partial charge is 0.469 e. The van der Waals surface area contributed by atoms with E-state index in [1.807, 2.05) is 6.92 Å². The van der Waals surface area contributed by atoms with Crippen LogP contribution in [0.1, 0.15) is 25.3 Å². The number of likely N-dealkylation sites (tertiary alicyclic amines) is 1. The second kappa shape index (κ2) is 7.44. The minimum absolute atomic E-state index is 0.0225. The van der Waals surface area contributed by atoms with Gasteiger partial charge in [-0.25, -0.2) is 0 Å². The summed E-state index contributed by atoms with van der Waals surface area (Å²) in [4.78, 5) is 13.8. The molecule has 110 valence electrons. The highest BCUT2D eigenvalue weighted by Gasteiger charge is 2.23. The standard InChI is InChI=1S/C17H25NO2/c1-14(17(19)20-2)13-18-10-8-16(9-11-18)12-15-6-4-3-5-7-15/h3-7,14,16H,8-13H2,1-2H3. The Morgan fingerprint density at radius 2 is 1.95 bits per heavy atom. The van der Waals surface area contributed by atoms with Crippen molar-refractivity contribution >= 4 is 5.97 Å². The predicted octanol–water partition coefficient (Wildman–Crippen LogP) is 2.75. The van der Waals surface area contributed by atoms with Crippen molar-refractivity contribution in [1.82, 2.24) is 4.90 Å². The number of benzene rings is 1. The van der Waals surface area contributed by atoms with Gasteiger partial charge in [-0.1, -0.05) is 37.3 Å². The molecular formula is C17H25NO2. The van der Waals surface area contributed by atoms with Gasteiger partial charge < -0.3 is 9.64 Å². The summed E-state index contributed by atoms with van der Waals surface area (Å²) in [6, 6.07) is 10.7. The van der Waals surface area contributed by atoms with Gasteiger partial charge in [-0.2, -0.15) is 0 Å². The Balaban J connectivity index is 1.74. The smallest absolute Gasteiger partial charge is 0.309 e. The number of hydrogen-bond donors (Lipinski definition) is 0. The van der Waals surface area contributed by atoms with E-state index in [1.165, 1.54) is 31.9 Å².